The third-order valence-electron chi connectivity index (χ3n) is 1.49. The minimum absolute atomic E-state index is 0.712. The molecule has 0 N–H and O–H groups in total. The SMILES string of the molecule is Cn1nnnc1Sc1ncccc1Br. The van der Waals surface area contributed by atoms with Crippen molar-refractivity contribution in [2.45, 2.75) is 10.2 Å². The van der Waals surface area contributed by atoms with Crippen LogP contribution in [0.4, 0.5) is 0 Å². The van der Waals surface area contributed by atoms with E-state index in [-0.39, 0.29) is 0 Å². The van der Waals surface area contributed by atoms with Crippen molar-refractivity contribution in [3.63, 3.8) is 0 Å². The number of rotatable bonds is 2. The van der Waals surface area contributed by atoms with E-state index >= 15 is 0 Å². The molecule has 2 heterocycles. The van der Waals surface area contributed by atoms with Crippen LogP contribution in [0.2, 0.25) is 0 Å². The molecule has 0 fully saturated rings. The third kappa shape index (κ3) is 1.93. The highest BCUT2D eigenvalue weighted by Crippen LogP contribution is 2.28. The summed E-state index contributed by atoms with van der Waals surface area (Å²) in [5.74, 6) is 0. The average Bonchev–Trinajstić information content (AvgIpc) is 2.56. The van der Waals surface area contributed by atoms with Crippen LogP contribution in [0.1, 0.15) is 0 Å². The maximum Gasteiger partial charge on any atom is 0.215 e. The van der Waals surface area contributed by atoms with Gasteiger partial charge in [0.1, 0.15) is 5.03 Å². The molecule has 0 aliphatic carbocycles. The van der Waals surface area contributed by atoms with E-state index in [1.165, 1.54) is 11.8 Å². The fourth-order valence-electron chi connectivity index (χ4n) is 0.840. The summed E-state index contributed by atoms with van der Waals surface area (Å²) >= 11 is 4.82. The summed E-state index contributed by atoms with van der Waals surface area (Å²) in [5.41, 5.74) is 0. The maximum absolute atomic E-state index is 4.20. The molecule has 0 saturated carbocycles. The van der Waals surface area contributed by atoms with Crippen LogP contribution in [0, 0.1) is 0 Å². The largest absolute Gasteiger partial charge is 0.248 e. The van der Waals surface area contributed by atoms with Crippen LogP contribution in [0.15, 0.2) is 33.0 Å². The Morgan fingerprint density at radius 1 is 1.50 bits per heavy atom. The van der Waals surface area contributed by atoms with E-state index in [1.807, 2.05) is 12.1 Å². The molecule has 72 valence electrons. The normalized spacial score (nSPS) is 10.4. The monoisotopic (exact) mass is 271 g/mol. The number of aryl methyl sites for hydroxylation is 1. The van der Waals surface area contributed by atoms with Gasteiger partial charge in [0.2, 0.25) is 5.16 Å². The number of tetrazole rings is 1. The second-order valence-corrected chi connectivity index (χ2v) is 4.29. The summed E-state index contributed by atoms with van der Waals surface area (Å²) in [6.07, 6.45) is 1.73. The molecular weight excluding hydrogens is 266 g/mol. The fourth-order valence-corrected chi connectivity index (χ4v) is 2.04. The first-order valence-corrected chi connectivity index (χ1v) is 5.39. The van der Waals surface area contributed by atoms with Gasteiger partial charge in [0.05, 0.1) is 4.47 Å². The van der Waals surface area contributed by atoms with Gasteiger partial charge in [0, 0.05) is 13.2 Å². The summed E-state index contributed by atoms with van der Waals surface area (Å²) in [7, 11) is 1.79. The Kier molecular flexibility index (Phi) is 2.78. The lowest BCUT2D eigenvalue weighted by atomic mass is 10.5. The molecule has 0 unspecified atom stereocenters. The predicted octanol–water partition coefficient (Wildman–Crippen LogP) is 1.52. The van der Waals surface area contributed by atoms with Crippen LogP contribution in [0.3, 0.4) is 0 Å². The van der Waals surface area contributed by atoms with E-state index in [4.69, 9.17) is 0 Å². The van der Waals surface area contributed by atoms with E-state index < -0.39 is 0 Å². The molecule has 0 aliphatic rings. The van der Waals surface area contributed by atoms with Crippen molar-refractivity contribution >= 4 is 27.7 Å². The summed E-state index contributed by atoms with van der Waals surface area (Å²) in [6, 6.07) is 3.79. The number of nitrogens with zero attached hydrogens (tertiary/aromatic N) is 5. The van der Waals surface area contributed by atoms with Gasteiger partial charge in [-0.25, -0.2) is 9.67 Å². The highest BCUT2D eigenvalue weighted by Gasteiger charge is 2.08. The first-order chi connectivity index (χ1) is 6.77. The standard InChI is InChI=1S/C7H6BrN5S/c1-13-7(10-11-12-13)14-6-5(8)3-2-4-9-6/h2-4H,1H3. The minimum Gasteiger partial charge on any atom is -0.248 e. The Morgan fingerprint density at radius 3 is 3.00 bits per heavy atom. The van der Waals surface area contributed by atoms with E-state index in [9.17, 15) is 0 Å². The summed E-state index contributed by atoms with van der Waals surface area (Å²) in [6.45, 7) is 0. The quantitative estimate of drug-likeness (QED) is 0.829. The van der Waals surface area contributed by atoms with Crippen LogP contribution in [0.5, 0.6) is 0 Å². The van der Waals surface area contributed by atoms with Crippen LogP contribution < -0.4 is 0 Å². The molecule has 14 heavy (non-hydrogen) atoms. The lowest BCUT2D eigenvalue weighted by molar-refractivity contribution is 0.664. The van der Waals surface area contributed by atoms with Gasteiger partial charge >= 0.3 is 0 Å². The zero-order chi connectivity index (χ0) is 9.97. The summed E-state index contributed by atoms with van der Waals surface area (Å²) in [4.78, 5) is 4.20. The molecule has 2 aromatic heterocycles. The number of pyridine rings is 1. The van der Waals surface area contributed by atoms with E-state index in [0.29, 0.717) is 5.16 Å². The second-order valence-electron chi connectivity index (χ2n) is 2.48. The van der Waals surface area contributed by atoms with E-state index in [0.717, 1.165) is 9.50 Å². The van der Waals surface area contributed by atoms with Crippen molar-refractivity contribution in [3.8, 4) is 0 Å². The molecule has 0 radical (unpaired) electrons. The molecule has 5 nitrogen and oxygen atoms in total. The molecule has 0 saturated heterocycles. The van der Waals surface area contributed by atoms with Crippen molar-refractivity contribution in [3.05, 3.63) is 22.8 Å². The number of aromatic nitrogens is 5. The minimum atomic E-state index is 0.712. The Labute approximate surface area is 93.0 Å². The van der Waals surface area contributed by atoms with Crippen LogP contribution in [0.25, 0.3) is 0 Å². The first-order valence-electron chi connectivity index (χ1n) is 3.78. The lowest BCUT2D eigenvalue weighted by Crippen LogP contribution is -1.93. The van der Waals surface area contributed by atoms with Gasteiger partial charge < -0.3 is 0 Å². The van der Waals surface area contributed by atoms with Gasteiger partial charge in [0.15, 0.2) is 0 Å². The molecule has 0 spiro atoms. The highest BCUT2D eigenvalue weighted by molar-refractivity contribution is 9.10. The fraction of sp³-hybridized carbons (Fsp3) is 0.143. The van der Waals surface area contributed by atoms with E-state index in [2.05, 4.69) is 36.4 Å². The molecule has 2 rings (SSSR count). The molecular formula is C7H6BrN5S. The Hall–Kier alpha value is -0.950. The second kappa shape index (κ2) is 4.05. The molecule has 0 aliphatic heterocycles. The summed E-state index contributed by atoms with van der Waals surface area (Å²) in [5, 5.41) is 12.7. The first kappa shape index (κ1) is 9.60. The van der Waals surface area contributed by atoms with Gasteiger partial charge in [0.25, 0.3) is 0 Å². The van der Waals surface area contributed by atoms with Gasteiger partial charge in [-0.15, -0.1) is 5.10 Å². The van der Waals surface area contributed by atoms with Gasteiger partial charge in [-0.2, -0.15) is 0 Å². The zero-order valence-corrected chi connectivity index (χ0v) is 9.66. The van der Waals surface area contributed by atoms with Crippen molar-refractivity contribution < 1.29 is 0 Å². The van der Waals surface area contributed by atoms with Gasteiger partial charge in [-0.3, -0.25) is 0 Å². The highest BCUT2D eigenvalue weighted by atomic mass is 79.9. The van der Waals surface area contributed by atoms with Gasteiger partial charge in [-0.05, 0) is 50.3 Å². The summed E-state index contributed by atoms with van der Waals surface area (Å²) < 4.78 is 2.54. The zero-order valence-electron chi connectivity index (χ0n) is 7.25. The number of halogens is 1. The molecule has 7 heteroatoms. The maximum atomic E-state index is 4.20. The van der Waals surface area contributed by atoms with E-state index in [1.54, 1.807) is 17.9 Å². The lowest BCUT2D eigenvalue weighted by Gasteiger charge is -1.99. The van der Waals surface area contributed by atoms with Crippen molar-refractivity contribution in [1.82, 2.24) is 25.2 Å². The van der Waals surface area contributed by atoms with Gasteiger partial charge in [-0.1, -0.05) is 0 Å². The van der Waals surface area contributed by atoms with Crippen molar-refractivity contribution in [2.24, 2.45) is 7.05 Å². The molecule has 2 aromatic rings. The van der Waals surface area contributed by atoms with Crippen molar-refractivity contribution in [1.29, 1.82) is 0 Å². The molecule has 0 aromatic carbocycles. The predicted molar refractivity (Wildman–Crippen MR) is 54.9 cm³/mol. The van der Waals surface area contributed by atoms with Crippen LogP contribution >= 0.6 is 27.7 Å². The molecule has 0 bridgehead atoms. The average molecular weight is 272 g/mol. The third-order valence-corrected chi connectivity index (χ3v) is 3.44. The smallest absolute Gasteiger partial charge is 0.215 e. The Bertz CT molecular complexity index is 443. The topological polar surface area (TPSA) is 56.5 Å². The Balaban J connectivity index is 2.28. The Morgan fingerprint density at radius 2 is 2.36 bits per heavy atom. The molecule has 0 amide bonds. The number of hydrogen-bond acceptors (Lipinski definition) is 5. The van der Waals surface area contributed by atoms with Crippen LogP contribution in [-0.4, -0.2) is 25.2 Å². The molecule has 0 atom stereocenters. The van der Waals surface area contributed by atoms with Crippen LogP contribution in [-0.2, 0) is 7.05 Å². The van der Waals surface area contributed by atoms with Crippen molar-refractivity contribution in [2.75, 3.05) is 0 Å². The number of hydrogen-bond donors (Lipinski definition) is 0.